The first-order chi connectivity index (χ1) is 32.5. The summed E-state index contributed by atoms with van der Waals surface area (Å²) in [4.78, 5) is 0. The van der Waals surface area contributed by atoms with Crippen LogP contribution in [0.15, 0.2) is 229 Å². The lowest BCUT2D eigenvalue weighted by molar-refractivity contribution is 0.670. The number of hydrogen-bond donors (Lipinski definition) is 0. The maximum absolute atomic E-state index is 6.55. The van der Waals surface area contributed by atoms with Crippen molar-refractivity contribution in [3.05, 3.63) is 280 Å². The molecule has 310 valence electrons. The van der Waals surface area contributed by atoms with Gasteiger partial charge in [-0.1, -0.05) is 205 Å². The Morgan fingerprint density at radius 3 is 1.32 bits per heavy atom. The smallest absolute Gasteiger partial charge is 0.143 e. The first kappa shape index (κ1) is 37.2. The fraction of sp³-hybridized carbons (Fsp3) is 0.0625. The average Bonchev–Trinajstić information content (AvgIpc) is 4.09. The molecule has 10 aromatic carbocycles. The van der Waals surface area contributed by atoms with Crippen molar-refractivity contribution in [1.82, 2.24) is 4.57 Å². The molecule has 0 saturated heterocycles. The van der Waals surface area contributed by atoms with Gasteiger partial charge in [0.1, 0.15) is 11.2 Å². The van der Waals surface area contributed by atoms with Crippen LogP contribution >= 0.6 is 0 Å². The van der Waals surface area contributed by atoms with Crippen molar-refractivity contribution >= 4 is 43.7 Å². The van der Waals surface area contributed by atoms with Gasteiger partial charge in [0.2, 0.25) is 0 Å². The second-order valence-corrected chi connectivity index (χ2v) is 18.5. The quantitative estimate of drug-likeness (QED) is 0.163. The van der Waals surface area contributed by atoms with Gasteiger partial charge in [0.05, 0.1) is 21.9 Å². The van der Waals surface area contributed by atoms with Crippen LogP contribution in [0.1, 0.15) is 55.6 Å². The maximum atomic E-state index is 6.55. The minimum atomic E-state index is -0.555. The highest BCUT2D eigenvalue weighted by Gasteiger charge is 2.56. The molecule has 14 rings (SSSR count). The summed E-state index contributed by atoms with van der Waals surface area (Å²) in [6.45, 7) is 4.58. The Bertz CT molecular complexity index is 3810. The van der Waals surface area contributed by atoms with Crippen LogP contribution in [0.4, 0.5) is 0 Å². The third-order valence-electron chi connectivity index (χ3n) is 15.0. The van der Waals surface area contributed by atoms with E-state index in [4.69, 9.17) is 4.42 Å². The molecule has 0 bridgehead atoms. The summed E-state index contributed by atoms with van der Waals surface area (Å²) in [5, 5.41) is 4.82. The van der Waals surface area contributed by atoms with Gasteiger partial charge >= 0.3 is 0 Å². The van der Waals surface area contributed by atoms with Crippen LogP contribution in [0, 0.1) is 13.8 Å². The SMILES string of the molecule is Cc1cc2c3c(c1)C(c1ccccc1)(c1ccc(-n4c5ccccc5c5ccccc54)cc1)c1cc(C)cc(c1-3)C2(c1ccccc1)c1ccc(-c2cccc3c2oc2ccccc23)cc1. The van der Waals surface area contributed by atoms with Gasteiger partial charge in [-0.15, -0.1) is 0 Å². The van der Waals surface area contributed by atoms with Crippen molar-refractivity contribution in [3.8, 4) is 27.9 Å². The van der Waals surface area contributed by atoms with Crippen LogP contribution in [-0.4, -0.2) is 4.57 Å². The molecule has 66 heavy (non-hydrogen) atoms. The van der Waals surface area contributed by atoms with Crippen molar-refractivity contribution < 1.29 is 4.42 Å². The Labute approximate surface area is 383 Å². The molecule has 2 heteroatoms. The van der Waals surface area contributed by atoms with E-state index in [0.717, 1.165) is 38.8 Å². The summed E-state index contributed by atoms with van der Waals surface area (Å²) in [6, 6.07) is 83.7. The number of aromatic nitrogens is 1. The van der Waals surface area contributed by atoms with Crippen LogP contribution in [0.2, 0.25) is 0 Å². The first-order valence-electron chi connectivity index (χ1n) is 23.1. The van der Waals surface area contributed by atoms with E-state index in [9.17, 15) is 0 Å². The summed E-state index contributed by atoms with van der Waals surface area (Å²) in [7, 11) is 0. The second kappa shape index (κ2) is 13.7. The van der Waals surface area contributed by atoms with Gasteiger partial charge in [0.25, 0.3) is 0 Å². The molecule has 2 aliphatic carbocycles. The topological polar surface area (TPSA) is 18.1 Å². The number of benzene rings is 10. The Morgan fingerprint density at radius 2 is 0.788 bits per heavy atom. The molecular formula is C64H43NO. The second-order valence-electron chi connectivity index (χ2n) is 18.5. The van der Waals surface area contributed by atoms with Gasteiger partial charge < -0.3 is 8.98 Å². The Morgan fingerprint density at radius 1 is 0.364 bits per heavy atom. The van der Waals surface area contributed by atoms with Gasteiger partial charge in [0.15, 0.2) is 0 Å². The Balaban J connectivity index is 1.01. The summed E-state index contributed by atoms with van der Waals surface area (Å²) in [5.74, 6) is 0. The molecule has 2 heterocycles. The fourth-order valence-corrected chi connectivity index (χ4v) is 12.5. The predicted octanol–water partition coefficient (Wildman–Crippen LogP) is 16.0. The van der Waals surface area contributed by atoms with Crippen LogP contribution in [-0.2, 0) is 10.8 Å². The Hall–Kier alpha value is -8.20. The summed E-state index contributed by atoms with van der Waals surface area (Å²) in [5.41, 5.74) is 22.2. The lowest BCUT2D eigenvalue weighted by atomic mass is 9.62. The van der Waals surface area contributed by atoms with Gasteiger partial charge in [0, 0.05) is 32.8 Å². The number of para-hydroxylation sites is 4. The monoisotopic (exact) mass is 841 g/mol. The average molecular weight is 842 g/mol. The number of furan rings is 1. The van der Waals surface area contributed by atoms with E-state index >= 15 is 0 Å². The molecule has 0 fully saturated rings. The third kappa shape index (κ3) is 4.80. The highest BCUT2D eigenvalue weighted by atomic mass is 16.3. The van der Waals surface area contributed by atoms with Crippen molar-refractivity contribution in [2.75, 3.05) is 0 Å². The first-order valence-corrected chi connectivity index (χ1v) is 23.1. The number of nitrogens with zero attached hydrogens (tertiary/aromatic N) is 1. The molecule has 0 unspecified atom stereocenters. The number of rotatable bonds is 6. The summed E-state index contributed by atoms with van der Waals surface area (Å²) >= 11 is 0. The predicted molar refractivity (Wildman–Crippen MR) is 272 cm³/mol. The van der Waals surface area contributed by atoms with E-state index in [0.29, 0.717) is 0 Å². The molecule has 0 amide bonds. The lowest BCUT2D eigenvalue weighted by Gasteiger charge is -2.39. The molecule has 2 aromatic heterocycles. The van der Waals surface area contributed by atoms with E-state index in [1.54, 1.807) is 0 Å². The highest BCUT2D eigenvalue weighted by molar-refractivity contribution is 6.10. The van der Waals surface area contributed by atoms with Crippen molar-refractivity contribution in [2.45, 2.75) is 24.7 Å². The maximum Gasteiger partial charge on any atom is 0.143 e. The van der Waals surface area contributed by atoms with E-state index in [1.807, 2.05) is 6.07 Å². The summed E-state index contributed by atoms with van der Waals surface area (Å²) in [6.07, 6.45) is 0. The lowest BCUT2D eigenvalue weighted by Crippen LogP contribution is -2.33. The molecule has 0 saturated carbocycles. The zero-order valence-corrected chi connectivity index (χ0v) is 36.7. The number of fused-ring (bicyclic) bond motifs is 6. The van der Waals surface area contributed by atoms with Crippen LogP contribution in [0.25, 0.3) is 71.7 Å². The van der Waals surface area contributed by atoms with Gasteiger partial charge in [-0.2, -0.15) is 0 Å². The van der Waals surface area contributed by atoms with E-state index in [2.05, 4.69) is 237 Å². The molecule has 0 atom stereocenters. The molecule has 0 spiro atoms. The summed E-state index contributed by atoms with van der Waals surface area (Å²) < 4.78 is 8.97. The number of hydrogen-bond acceptors (Lipinski definition) is 1. The standard InChI is InChI=1S/C64H43NO/c1-40-36-53-60-55(38-40)64(44-18-7-4-8-19-44,46-32-34-47(35-33-46)65-57-25-12-9-20-49(57)50-21-10-13-26-58(50)65)56-39-41(2)37-54(61(56)60)63(53,43-16-5-3-6-17-43)45-30-28-42(29-31-45)48-23-15-24-52-51-22-11-14-27-59(51)66-62(48)52/h3-39H,1-2H3. The molecule has 12 aromatic rings. The van der Waals surface area contributed by atoms with E-state index < -0.39 is 10.8 Å². The van der Waals surface area contributed by atoms with Gasteiger partial charge in [-0.05, 0) is 105 Å². The minimum Gasteiger partial charge on any atom is -0.455 e. The minimum absolute atomic E-state index is 0.551. The van der Waals surface area contributed by atoms with Gasteiger partial charge in [-0.3, -0.25) is 0 Å². The van der Waals surface area contributed by atoms with Crippen molar-refractivity contribution in [3.63, 3.8) is 0 Å². The van der Waals surface area contributed by atoms with Crippen LogP contribution in [0.5, 0.6) is 0 Å². The molecule has 0 N–H and O–H groups in total. The highest BCUT2D eigenvalue weighted by Crippen LogP contribution is 2.67. The third-order valence-corrected chi connectivity index (χ3v) is 15.0. The normalized spacial score (nSPS) is 14.2. The zero-order valence-electron chi connectivity index (χ0n) is 36.7. The molecule has 0 radical (unpaired) electrons. The largest absolute Gasteiger partial charge is 0.455 e. The fourth-order valence-electron chi connectivity index (χ4n) is 12.5. The molecule has 0 aliphatic heterocycles. The van der Waals surface area contributed by atoms with Crippen molar-refractivity contribution in [2.24, 2.45) is 0 Å². The van der Waals surface area contributed by atoms with E-state index in [1.165, 1.54) is 88.6 Å². The Kier molecular flexibility index (Phi) is 7.70. The van der Waals surface area contributed by atoms with Gasteiger partial charge in [-0.25, -0.2) is 0 Å². The molecular weight excluding hydrogens is 799 g/mol. The van der Waals surface area contributed by atoms with Crippen LogP contribution in [0.3, 0.4) is 0 Å². The molecule has 2 nitrogen and oxygen atoms in total. The van der Waals surface area contributed by atoms with Crippen molar-refractivity contribution in [1.29, 1.82) is 0 Å². The van der Waals surface area contributed by atoms with Crippen LogP contribution < -0.4 is 0 Å². The molecule has 2 aliphatic rings. The zero-order chi connectivity index (χ0) is 43.7. The number of aryl methyl sites for hydroxylation is 2. The van der Waals surface area contributed by atoms with E-state index in [-0.39, 0.29) is 0 Å².